The third kappa shape index (κ3) is 5.10. The molecule has 1 rings (SSSR count). The lowest BCUT2D eigenvalue weighted by molar-refractivity contribution is -0.113. The van der Waals surface area contributed by atoms with Crippen LogP contribution in [0, 0.1) is 13.8 Å². The summed E-state index contributed by atoms with van der Waals surface area (Å²) >= 11 is 1.65. The molecular weight excluding hydrogens is 244 g/mol. The average Bonchev–Trinajstić information content (AvgIpc) is 2.32. The molecule has 100 valence electrons. The molecule has 0 saturated carbocycles. The van der Waals surface area contributed by atoms with E-state index >= 15 is 0 Å². The van der Waals surface area contributed by atoms with Crippen LogP contribution in [0.2, 0.25) is 0 Å². The lowest BCUT2D eigenvalue weighted by Gasteiger charge is -2.11. The summed E-state index contributed by atoms with van der Waals surface area (Å²) in [7, 11) is 0. The fourth-order valence-corrected chi connectivity index (χ4v) is 2.40. The highest BCUT2D eigenvalue weighted by Gasteiger charge is 2.08. The Balaban J connectivity index is 2.47. The lowest BCUT2D eigenvalue weighted by atomic mass is 10.1. The van der Waals surface area contributed by atoms with E-state index in [1.165, 1.54) is 0 Å². The normalized spacial score (nSPS) is 12.2. The summed E-state index contributed by atoms with van der Waals surface area (Å²) < 4.78 is 0. The summed E-state index contributed by atoms with van der Waals surface area (Å²) in [5.74, 6) is 0.534. The van der Waals surface area contributed by atoms with Crippen LogP contribution in [0.3, 0.4) is 0 Å². The molecule has 1 aromatic rings. The van der Waals surface area contributed by atoms with Gasteiger partial charge in [-0.25, -0.2) is 0 Å². The van der Waals surface area contributed by atoms with Crippen molar-refractivity contribution in [2.45, 2.75) is 32.4 Å². The Bertz CT molecular complexity index is 407. The number of thioether (sulfide) groups is 1. The van der Waals surface area contributed by atoms with Crippen LogP contribution in [0.15, 0.2) is 18.2 Å². The summed E-state index contributed by atoms with van der Waals surface area (Å²) in [6, 6.07) is 6.07. The number of nitrogens with two attached hydrogens (primary N) is 1. The second-order valence-corrected chi connectivity index (χ2v) is 5.99. The molecular formula is C14H22N2OS. The van der Waals surface area contributed by atoms with Crippen LogP contribution in [-0.2, 0) is 4.79 Å². The molecule has 1 atom stereocenters. The van der Waals surface area contributed by atoms with Crippen molar-refractivity contribution >= 4 is 23.4 Å². The van der Waals surface area contributed by atoms with Gasteiger partial charge in [0.25, 0.3) is 0 Å². The molecule has 1 aromatic carbocycles. The predicted molar refractivity (Wildman–Crippen MR) is 80.1 cm³/mol. The van der Waals surface area contributed by atoms with E-state index in [1.54, 1.807) is 11.8 Å². The van der Waals surface area contributed by atoms with Crippen molar-refractivity contribution in [1.29, 1.82) is 0 Å². The van der Waals surface area contributed by atoms with Crippen LogP contribution in [0.5, 0.6) is 0 Å². The molecule has 0 aliphatic carbocycles. The smallest absolute Gasteiger partial charge is 0.234 e. The zero-order valence-corrected chi connectivity index (χ0v) is 12.1. The Morgan fingerprint density at radius 3 is 2.83 bits per heavy atom. The van der Waals surface area contributed by atoms with Crippen molar-refractivity contribution in [3.63, 3.8) is 0 Å². The van der Waals surface area contributed by atoms with Crippen molar-refractivity contribution in [2.75, 3.05) is 17.6 Å². The second kappa shape index (κ2) is 7.44. The van der Waals surface area contributed by atoms with Crippen LogP contribution in [0.25, 0.3) is 0 Å². The van der Waals surface area contributed by atoms with Crippen LogP contribution in [0.4, 0.5) is 5.69 Å². The van der Waals surface area contributed by atoms with E-state index in [2.05, 4.69) is 12.2 Å². The van der Waals surface area contributed by atoms with Gasteiger partial charge < -0.3 is 11.1 Å². The van der Waals surface area contributed by atoms with E-state index < -0.39 is 0 Å². The van der Waals surface area contributed by atoms with E-state index in [0.29, 0.717) is 17.5 Å². The maximum absolute atomic E-state index is 11.8. The van der Waals surface area contributed by atoms with Crippen LogP contribution >= 0.6 is 11.8 Å². The van der Waals surface area contributed by atoms with E-state index in [-0.39, 0.29) is 5.91 Å². The zero-order valence-electron chi connectivity index (χ0n) is 11.3. The van der Waals surface area contributed by atoms with Gasteiger partial charge in [0, 0.05) is 10.9 Å². The maximum Gasteiger partial charge on any atom is 0.234 e. The number of hydrogen-bond donors (Lipinski definition) is 2. The molecule has 18 heavy (non-hydrogen) atoms. The SMILES string of the molecule is Cc1ccc(C)c(NC(=O)CSC(C)CCN)c1. The Morgan fingerprint density at radius 1 is 1.44 bits per heavy atom. The minimum Gasteiger partial charge on any atom is -0.330 e. The molecule has 1 unspecified atom stereocenters. The second-order valence-electron chi connectivity index (χ2n) is 4.57. The average molecular weight is 266 g/mol. The standard InChI is InChI=1S/C14H22N2OS/c1-10-4-5-11(2)13(8-10)16-14(17)9-18-12(3)6-7-15/h4-5,8,12H,6-7,9,15H2,1-3H3,(H,16,17). The third-order valence-corrected chi connectivity index (χ3v) is 3.97. The van der Waals surface area contributed by atoms with Crippen LogP contribution in [-0.4, -0.2) is 23.5 Å². The number of carbonyl (C=O) groups excluding carboxylic acids is 1. The van der Waals surface area contributed by atoms with Gasteiger partial charge >= 0.3 is 0 Å². The number of aryl methyl sites for hydroxylation is 2. The van der Waals surface area contributed by atoms with Crippen molar-refractivity contribution in [3.05, 3.63) is 29.3 Å². The summed E-state index contributed by atoms with van der Waals surface area (Å²) in [4.78, 5) is 11.8. The first-order chi connectivity index (χ1) is 8.52. The summed E-state index contributed by atoms with van der Waals surface area (Å²) in [6.45, 7) is 6.79. The Morgan fingerprint density at radius 2 is 2.17 bits per heavy atom. The minimum atomic E-state index is 0.0533. The molecule has 0 aliphatic heterocycles. The van der Waals surface area contributed by atoms with Gasteiger partial charge in [-0.15, -0.1) is 11.8 Å². The molecule has 0 saturated heterocycles. The number of carbonyl (C=O) groups is 1. The maximum atomic E-state index is 11.8. The highest BCUT2D eigenvalue weighted by molar-refractivity contribution is 8.00. The molecule has 0 aliphatic rings. The topological polar surface area (TPSA) is 55.1 Å². The highest BCUT2D eigenvalue weighted by atomic mass is 32.2. The van der Waals surface area contributed by atoms with Crippen molar-refractivity contribution in [3.8, 4) is 0 Å². The molecule has 4 heteroatoms. The summed E-state index contributed by atoms with van der Waals surface area (Å²) in [6.07, 6.45) is 0.946. The molecule has 0 aromatic heterocycles. The number of amides is 1. The van der Waals surface area contributed by atoms with Gasteiger partial charge in [0.1, 0.15) is 0 Å². The van der Waals surface area contributed by atoms with Crippen molar-refractivity contribution in [2.24, 2.45) is 5.73 Å². The molecule has 1 amide bonds. The monoisotopic (exact) mass is 266 g/mol. The van der Waals surface area contributed by atoms with E-state index in [1.807, 2.05) is 32.0 Å². The van der Waals surface area contributed by atoms with Gasteiger partial charge in [-0.2, -0.15) is 0 Å². The number of anilines is 1. The molecule has 0 fully saturated rings. The van der Waals surface area contributed by atoms with Gasteiger partial charge in [0.15, 0.2) is 0 Å². The van der Waals surface area contributed by atoms with Gasteiger partial charge in [-0.1, -0.05) is 19.1 Å². The molecule has 0 spiro atoms. The van der Waals surface area contributed by atoms with Gasteiger partial charge in [0.05, 0.1) is 5.75 Å². The molecule has 0 heterocycles. The zero-order chi connectivity index (χ0) is 13.5. The first-order valence-corrected chi connectivity index (χ1v) is 7.26. The fraction of sp³-hybridized carbons (Fsp3) is 0.500. The Hall–Kier alpha value is -1.00. The Kier molecular flexibility index (Phi) is 6.22. The predicted octanol–water partition coefficient (Wildman–Crippen LogP) is 2.71. The number of rotatable bonds is 6. The summed E-state index contributed by atoms with van der Waals surface area (Å²) in [5, 5.41) is 3.39. The van der Waals surface area contributed by atoms with Gasteiger partial charge in [0.2, 0.25) is 5.91 Å². The Labute approximate surface area is 114 Å². The number of nitrogens with one attached hydrogen (secondary N) is 1. The van der Waals surface area contributed by atoms with Gasteiger partial charge in [-0.3, -0.25) is 4.79 Å². The fourth-order valence-electron chi connectivity index (χ4n) is 1.59. The van der Waals surface area contributed by atoms with Crippen LogP contribution in [0.1, 0.15) is 24.5 Å². The summed E-state index contributed by atoms with van der Waals surface area (Å²) in [5.41, 5.74) is 8.64. The number of benzene rings is 1. The number of hydrogen-bond acceptors (Lipinski definition) is 3. The molecule has 3 nitrogen and oxygen atoms in total. The third-order valence-electron chi connectivity index (χ3n) is 2.74. The lowest BCUT2D eigenvalue weighted by Crippen LogP contribution is -2.17. The first-order valence-electron chi connectivity index (χ1n) is 6.21. The van der Waals surface area contributed by atoms with Crippen molar-refractivity contribution in [1.82, 2.24) is 0 Å². The van der Waals surface area contributed by atoms with E-state index in [4.69, 9.17) is 5.73 Å². The highest BCUT2D eigenvalue weighted by Crippen LogP contribution is 2.18. The van der Waals surface area contributed by atoms with Gasteiger partial charge in [-0.05, 0) is 44.0 Å². The quantitative estimate of drug-likeness (QED) is 0.832. The van der Waals surface area contributed by atoms with E-state index in [9.17, 15) is 4.79 Å². The van der Waals surface area contributed by atoms with Crippen molar-refractivity contribution < 1.29 is 4.79 Å². The molecule has 0 bridgehead atoms. The molecule has 0 radical (unpaired) electrons. The largest absolute Gasteiger partial charge is 0.330 e. The first kappa shape index (κ1) is 15.1. The van der Waals surface area contributed by atoms with Crippen LogP contribution < -0.4 is 11.1 Å². The minimum absolute atomic E-state index is 0.0533. The molecule has 3 N–H and O–H groups in total. The van der Waals surface area contributed by atoms with E-state index in [0.717, 1.165) is 23.2 Å².